The third kappa shape index (κ3) is 5.12. The van der Waals surface area contributed by atoms with Crippen molar-refractivity contribution in [2.45, 2.75) is 24.9 Å². The van der Waals surface area contributed by atoms with Crippen molar-refractivity contribution < 1.29 is 19.8 Å². The first-order chi connectivity index (χ1) is 11.5. The number of carboxylic acids is 1. The Kier molecular flexibility index (Phi) is 6.42. The Morgan fingerprint density at radius 2 is 2.00 bits per heavy atom. The predicted octanol–water partition coefficient (Wildman–Crippen LogP) is 0.490. The number of hydrogen-bond donors (Lipinski definition) is 4. The van der Waals surface area contributed by atoms with Crippen molar-refractivity contribution in [2.75, 3.05) is 6.61 Å². The third-order valence-corrected chi connectivity index (χ3v) is 4.37. The number of carbonyl (C=O) groups excluding carboxylic acids is 1. The molecule has 0 bridgehead atoms. The number of nitrogens with zero attached hydrogens (tertiary/aromatic N) is 1. The average Bonchev–Trinajstić information content (AvgIpc) is 3.01. The standard InChI is InChI=1S/C16H19N3O4S/c17-12(6-10-4-2-1-3-5-10)15-18-11(9-24-15)7-14(21)19-13(8-20)16(22)23/h1-5,9,12-13,20H,6-8,17H2,(H,19,21)(H,22,23). The average molecular weight is 349 g/mol. The van der Waals surface area contributed by atoms with Gasteiger partial charge in [0.05, 0.1) is 24.8 Å². The van der Waals surface area contributed by atoms with Crippen molar-refractivity contribution in [1.29, 1.82) is 0 Å². The second-order valence-electron chi connectivity index (χ2n) is 5.29. The molecular weight excluding hydrogens is 330 g/mol. The smallest absolute Gasteiger partial charge is 0.328 e. The predicted molar refractivity (Wildman–Crippen MR) is 89.5 cm³/mol. The quantitative estimate of drug-likeness (QED) is 0.549. The summed E-state index contributed by atoms with van der Waals surface area (Å²) in [7, 11) is 0. The molecule has 0 aliphatic carbocycles. The van der Waals surface area contributed by atoms with Crippen LogP contribution in [0.15, 0.2) is 35.7 Å². The van der Waals surface area contributed by atoms with Gasteiger partial charge in [-0.25, -0.2) is 9.78 Å². The topological polar surface area (TPSA) is 126 Å². The summed E-state index contributed by atoms with van der Waals surface area (Å²) >= 11 is 1.37. The second kappa shape index (κ2) is 8.53. The number of aliphatic carboxylic acids is 1. The number of thiazole rings is 1. The Balaban J connectivity index is 1.92. The van der Waals surface area contributed by atoms with E-state index in [-0.39, 0.29) is 12.5 Å². The normalized spacial score (nSPS) is 13.2. The molecule has 0 saturated carbocycles. The van der Waals surface area contributed by atoms with Crippen LogP contribution in [-0.2, 0) is 22.4 Å². The van der Waals surface area contributed by atoms with E-state index in [2.05, 4.69) is 10.3 Å². The lowest BCUT2D eigenvalue weighted by Gasteiger charge is -2.10. The molecule has 0 aliphatic heterocycles. The molecule has 24 heavy (non-hydrogen) atoms. The number of aliphatic hydroxyl groups is 1. The van der Waals surface area contributed by atoms with Gasteiger partial charge in [0.2, 0.25) is 5.91 Å². The number of carboxylic acid groups (broad SMARTS) is 1. The van der Waals surface area contributed by atoms with Crippen molar-refractivity contribution in [3.8, 4) is 0 Å². The maximum Gasteiger partial charge on any atom is 0.328 e. The van der Waals surface area contributed by atoms with Gasteiger partial charge in [-0.1, -0.05) is 30.3 Å². The molecule has 2 rings (SSSR count). The van der Waals surface area contributed by atoms with Crippen LogP contribution in [0.5, 0.6) is 0 Å². The third-order valence-electron chi connectivity index (χ3n) is 3.34. The van der Waals surface area contributed by atoms with Crippen molar-refractivity contribution in [3.05, 3.63) is 52.0 Å². The van der Waals surface area contributed by atoms with Gasteiger partial charge in [-0.05, 0) is 12.0 Å². The molecule has 5 N–H and O–H groups in total. The van der Waals surface area contributed by atoms with E-state index in [9.17, 15) is 9.59 Å². The molecule has 1 aromatic carbocycles. The van der Waals surface area contributed by atoms with Gasteiger partial charge in [-0.15, -0.1) is 11.3 Å². The van der Waals surface area contributed by atoms with Crippen LogP contribution in [0, 0.1) is 0 Å². The molecular formula is C16H19N3O4S. The van der Waals surface area contributed by atoms with E-state index >= 15 is 0 Å². The lowest BCUT2D eigenvalue weighted by atomic mass is 10.1. The Bertz CT molecular complexity index is 690. The second-order valence-corrected chi connectivity index (χ2v) is 6.18. The molecule has 7 nitrogen and oxygen atoms in total. The highest BCUT2D eigenvalue weighted by Gasteiger charge is 2.20. The van der Waals surface area contributed by atoms with E-state index in [1.165, 1.54) is 11.3 Å². The number of aliphatic hydroxyl groups excluding tert-OH is 1. The van der Waals surface area contributed by atoms with Crippen molar-refractivity contribution in [2.24, 2.45) is 5.73 Å². The zero-order valence-electron chi connectivity index (χ0n) is 12.9. The summed E-state index contributed by atoms with van der Waals surface area (Å²) in [5.74, 6) is -1.79. The molecule has 128 valence electrons. The summed E-state index contributed by atoms with van der Waals surface area (Å²) in [6.45, 7) is -0.661. The Morgan fingerprint density at radius 3 is 2.62 bits per heavy atom. The van der Waals surface area contributed by atoms with Crippen LogP contribution in [0.3, 0.4) is 0 Å². The fourth-order valence-electron chi connectivity index (χ4n) is 2.12. The fourth-order valence-corrected chi connectivity index (χ4v) is 2.95. The van der Waals surface area contributed by atoms with Gasteiger partial charge in [0, 0.05) is 5.38 Å². The molecule has 1 amide bonds. The highest BCUT2D eigenvalue weighted by Crippen LogP contribution is 2.20. The molecule has 2 aromatic rings. The maximum absolute atomic E-state index is 11.8. The van der Waals surface area contributed by atoms with Gasteiger partial charge in [-0.3, -0.25) is 4.79 Å². The summed E-state index contributed by atoms with van der Waals surface area (Å²) in [5, 5.41) is 22.4. The van der Waals surface area contributed by atoms with Gasteiger partial charge in [0.15, 0.2) is 0 Å². The molecule has 0 saturated heterocycles. The number of benzene rings is 1. The van der Waals surface area contributed by atoms with Crippen molar-refractivity contribution in [3.63, 3.8) is 0 Å². The number of rotatable bonds is 8. The lowest BCUT2D eigenvalue weighted by Crippen LogP contribution is -2.44. The first-order valence-electron chi connectivity index (χ1n) is 7.36. The zero-order chi connectivity index (χ0) is 17.5. The molecule has 0 radical (unpaired) electrons. The van der Waals surface area contributed by atoms with Crippen LogP contribution < -0.4 is 11.1 Å². The highest BCUT2D eigenvalue weighted by molar-refractivity contribution is 7.09. The van der Waals surface area contributed by atoms with Crippen LogP contribution in [-0.4, -0.2) is 39.7 Å². The minimum Gasteiger partial charge on any atom is -0.480 e. The van der Waals surface area contributed by atoms with E-state index in [1.54, 1.807) is 5.38 Å². The van der Waals surface area contributed by atoms with Gasteiger partial charge >= 0.3 is 5.97 Å². The Labute approximate surface area is 143 Å². The molecule has 0 aliphatic rings. The van der Waals surface area contributed by atoms with Gasteiger partial charge in [-0.2, -0.15) is 0 Å². The number of amides is 1. The summed E-state index contributed by atoms with van der Waals surface area (Å²) in [5.41, 5.74) is 7.78. The fraction of sp³-hybridized carbons (Fsp3) is 0.312. The number of carbonyl (C=O) groups is 2. The number of aromatic nitrogens is 1. The molecule has 0 spiro atoms. The largest absolute Gasteiger partial charge is 0.480 e. The summed E-state index contributed by atoms with van der Waals surface area (Å²) in [4.78, 5) is 26.9. The highest BCUT2D eigenvalue weighted by atomic mass is 32.1. The van der Waals surface area contributed by atoms with Crippen molar-refractivity contribution >= 4 is 23.2 Å². The Morgan fingerprint density at radius 1 is 1.29 bits per heavy atom. The zero-order valence-corrected chi connectivity index (χ0v) is 13.7. The van der Waals surface area contributed by atoms with E-state index < -0.39 is 24.5 Å². The minimum absolute atomic E-state index is 0.0572. The molecule has 2 atom stereocenters. The maximum atomic E-state index is 11.8. The first kappa shape index (κ1) is 18.1. The van der Waals surface area contributed by atoms with Crippen LogP contribution in [0.2, 0.25) is 0 Å². The van der Waals surface area contributed by atoms with Gasteiger partial charge in [0.1, 0.15) is 11.0 Å². The Hall–Kier alpha value is -2.29. The van der Waals surface area contributed by atoms with Crippen molar-refractivity contribution in [1.82, 2.24) is 10.3 Å². The van der Waals surface area contributed by atoms with E-state index in [4.69, 9.17) is 15.9 Å². The van der Waals surface area contributed by atoms with Gasteiger partial charge < -0.3 is 21.3 Å². The number of nitrogens with one attached hydrogen (secondary N) is 1. The lowest BCUT2D eigenvalue weighted by molar-refractivity contribution is -0.142. The number of hydrogen-bond acceptors (Lipinski definition) is 6. The molecule has 0 fully saturated rings. The molecule has 1 heterocycles. The van der Waals surface area contributed by atoms with Crippen LogP contribution in [0.25, 0.3) is 0 Å². The van der Waals surface area contributed by atoms with E-state index in [0.29, 0.717) is 12.1 Å². The minimum atomic E-state index is -1.31. The summed E-state index contributed by atoms with van der Waals surface area (Å²) in [6.07, 6.45) is 0.587. The van der Waals surface area contributed by atoms with Gasteiger partial charge in [0.25, 0.3) is 0 Å². The SMILES string of the molecule is NC(Cc1ccccc1)c1nc(CC(=O)NC(CO)C(=O)O)cs1. The monoisotopic (exact) mass is 349 g/mol. The summed E-state index contributed by atoms with van der Waals surface area (Å²) in [6, 6.07) is 8.23. The first-order valence-corrected chi connectivity index (χ1v) is 8.24. The number of nitrogens with two attached hydrogens (primary N) is 1. The molecule has 2 unspecified atom stereocenters. The van der Waals surface area contributed by atoms with Crippen LogP contribution >= 0.6 is 11.3 Å². The summed E-state index contributed by atoms with van der Waals surface area (Å²) < 4.78 is 0. The van der Waals surface area contributed by atoms with E-state index in [0.717, 1.165) is 10.6 Å². The van der Waals surface area contributed by atoms with E-state index in [1.807, 2.05) is 30.3 Å². The van der Waals surface area contributed by atoms with Crippen LogP contribution in [0.4, 0.5) is 0 Å². The molecule has 1 aromatic heterocycles. The van der Waals surface area contributed by atoms with Crippen LogP contribution in [0.1, 0.15) is 22.3 Å². The molecule has 8 heteroatoms.